The lowest BCUT2D eigenvalue weighted by molar-refractivity contribution is 0.0924. The van der Waals surface area contributed by atoms with Crippen molar-refractivity contribution in [3.63, 3.8) is 0 Å². The molecule has 5 heteroatoms. The lowest BCUT2D eigenvalue weighted by atomic mass is 9.96. The molecule has 2 N–H and O–H groups in total. The fourth-order valence-corrected chi connectivity index (χ4v) is 2.85. The van der Waals surface area contributed by atoms with E-state index in [0.29, 0.717) is 22.5 Å². The summed E-state index contributed by atoms with van der Waals surface area (Å²) < 4.78 is 0. The van der Waals surface area contributed by atoms with Crippen LogP contribution < -0.4 is 5.32 Å². The number of Topliss-reactive ketones (excluding diaryl/α,β-unsaturated/α-hetero) is 1. The number of amides is 1. The van der Waals surface area contributed by atoms with E-state index in [-0.39, 0.29) is 23.7 Å². The summed E-state index contributed by atoms with van der Waals surface area (Å²) in [6.45, 7) is 9.20. The summed E-state index contributed by atoms with van der Waals surface area (Å²) >= 11 is 0. The molecule has 1 amide bonds. The van der Waals surface area contributed by atoms with Gasteiger partial charge in [0.25, 0.3) is 5.91 Å². The molecule has 0 saturated heterocycles. The fourth-order valence-electron chi connectivity index (χ4n) is 2.85. The zero-order valence-electron chi connectivity index (χ0n) is 14.2. The number of carbonyl (C=O) groups excluding carboxylic acids is 2. The van der Waals surface area contributed by atoms with Crippen molar-refractivity contribution in [1.82, 2.24) is 15.3 Å². The van der Waals surface area contributed by atoms with E-state index in [4.69, 9.17) is 0 Å². The first-order valence-corrected chi connectivity index (χ1v) is 7.73. The van der Waals surface area contributed by atoms with Crippen molar-refractivity contribution in [2.45, 2.75) is 40.7 Å². The third kappa shape index (κ3) is 3.50. The number of H-pyrrole nitrogens is 1. The lowest BCUT2D eigenvalue weighted by Crippen LogP contribution is -2.32. The van der Waals surface area contributed by atoms with Gasteiger partial charge in [-0.3, -0.25) is 14.6 Å². The van der Waals surface area contributed by atoms with E-state index in [1.807, 2.05) is 19.1 Å². The molecule has 0 aliphatic carbocycles. The minimum atomic E-state index is -0.175. The van der Waals surface area contributed by atoms with Crippen LogP contribution in [0.15, 0.2) is 24.5 Å². The van der Waals surface area contributed by atoms with Crippen molar-refractivity contribution in [3.05, 3.63) is 52.6 Å². The maximum Gasteiger partial charge on any atom is 0.253 e. The van der Waals surface area contributed by atoms with Crippen LogP contribution in [-0.4, -0.2) is 21.7 Å². The number of nitrogens with one attached hydrogen (secondary N) is 2. The van der Waals surface area contributed by atoms with Crippen LogP contribution in [0.1, 0.15) is 64.5 Å². The van der Waals surface area contributed by atoms with Gasteiger partial charge in [-0.1, -0.05) is 19.9 Å². The molecule has 5 nitrogen and oxygen atoms in total. The van der Waals surface area contributed by atoms with Gasteiger partial charge in [0.15, 0.2) is 5.78 Å². The third-order valence-corrected chi connectivity index (χ3v) is 4.01. The second-order valence-corrected chi connectivity index (χ2v) is 6.16. The Labute approximate surface area is 136 Å². The molecule has 0 unspecified atom stereocenters. The summed E-state index contributed by atoms with van der Waals surface area (Å²) in [6, 6.07) is 3.68. The van der Waals surface area contributed by atoms with E-state index in [9.17, 15) is 9.59 Å². The number of ketones is 1. The Morgan fingerprint density at radius 1 is 1.26 bits per heavy atom. The highest BCUT2D eigenvalue weighted by molar-refractivity contribution is 6.02. The largest absolute Gasteiger partial charge is 0.355 e. The first-order chi connectivity index (χ1) is 10.8. The molecule has 2 heterocycles. The molecular formula is C18H23N3O2. The minimum absolute atomic E-state index is 0.0719. The number of aryl methyl sites for hydroxylation is 1. The zero-order chi connectivity index (χ0) is 17.1. The van der Waals surface area contributed by atoms with E-state index >= 15 is 0 Å². The molecule has 1 atom stereocenters. The van der Waals surface area contributed by atoms with E-state index in [2.05, 4.69) is 29.1 Å². The van der Waals surface area contributed by atoms with Crippen LogP contribution in [0.25, 0.3) is 0 Å². The average molecular weight is 313 g/mol. The van der Waals surface area contributed by atoms with Crippen LogP contribution in [-0.2, 0) is 0 Å². The Balaban J connectivity index is 2.32. The minimum Gasteiger partial charge on any atom is -0.355 e. The van der Waals surface area contributed by atoms with Crippen LogP contribution in [0.3, 0.4) is 0 Å². The molecule has 2 aromatic rings. The van der Waals surface area contributed by atoms with Gasteiger partial charge in [-0.2, -0.15) is 0 Å². The molecule has 122 valence electrons. The quantitative estimate of drug-likeness (QED) is 0.831. The van der Waals surface area contributed by atoms with Gasteiger partial charge in [0, 0.05) is 25.0 Å². The van der Waals surface area contributed by atoms with Crippen molar-refractivity contribution in [2.75, 3.05) is 0 Å². The molecule has 0 saturated carbocycles. The maximum absolute atomic E-state index is 12.7. The summed E-state index contributed by atoms with van der Waals surface area (Å²) in [4.78, 5) is 31.5. The fraction of sp³-hybridized carbons (Fsp3) is 0.389. The number of nitrogens with zero attached hydrogens (tertiary/aromatic N) is 1. The van der Waals surface area contributed by atoms with Gasteiger partial charge in [0.05, 0.1) is 17.3 Å². The van der Waals surface area contributed by atoms with E-state index < -0.39 is 0 Å². The second-order valence-electron chi connectivity index (χ2n) is 6.16. The molecule has 0 bridgehead atoms. The highest BCUT2D eigenvalue weighted by atomic mass is 16.2. The summed E-state index contributed by atoms with van der Waals surface area (Å²) in [6.07, 6.45) is 3.48. The smallest absolute Gasteiger partial charge is 0.253 e. The van der Waals surface area contributed by atoms with Crippen molar-refractivity contribution >= 4 is 11.7 Å². The Kier molecular flexibility index (Phi) is 4.98. The summed E-state index contributed by atoms with van der Waals surface area (Å²) in [7, 11) is 0. The van der Waals surface area contributed by atoms with Crippen molar-refractivity contribution < 1.29 is 9.59 Å². The first kappa shape index (κ1) is 16.9. The Bertz CT molecular complexity index is 717. The van der Waals surface area contributed by atoms with Crippen LogP contribution >= 0.6 is 0 Å². The van der Waals surface area contributed by atoms with E-state index in [0.717, 1.165) is 5.56 Å². The molecule has 2 aromatic heterocycles. The van der Waals surface area contributed by atoms with Crippen LogP contribution in [0, 0.1) is 19.8 Å². The van der Waals surface area contributed by atoms with E-state index in [1.165, 1.54) is 6.92 Å². The Hall–Kier alpha value is -2.43. The predicted octanol–water partition coefficient (Wildman–Crippen LogP) is 3.36. The second kappa shape index (κ2) is 6.77. The number of aromatic amines is 1. The van der Waals surface area contributed by atoms with Crippen LogP contribution in [0.5, 0.6) is 0 Å². The predicted molar refractivity (Wildman–Crippen MR) is 89.6 cm³/mol. The van der Waals surface area contributed by atoms with Crippen LogP contribution in [0.4, 0.5) is 0 Å². The van der Waals surface area contributed by atoms with Gasteiger partial charge in [0.1, 0.15) is 0 Å². The number of pyridine rings is 1. The standard InChI is InChI=1S/C18H23N3O2/c1-10(2)16(14-7-6-8-19-9-14)21-18(23)15-11(3)17(13(5)22)20-12(15)4/h6-10,16,20H,1-5H3,(H,21,23)/t16-/m1/s1. The summed E-state index contributed by atoms with van der Waals surface area (Å²) in [5, 5.41) is 3.07. The number of aromatic nitrogens is 2. The maximum atomic E-state index is 12.7. The summed E-state index contributed by atoms with van der Waals surface area (Å²) in [5.74, 6) is -0.0291. The summed E-state index contributed by atoms with van der Waals surface area (Å²) in [5.41, 5.74) is 3.41. The van der Waals surface area contributed by atoms with E-state index in [1.54, 1.807) is 19.3 Å². The highest BCUT2D eigenvalue weighted by Crippen LogP contribution is 2.24. The number of carbonyl (C=O) groups is 2. The number of hydrogen-bond donors (Lipinski definition) is 2. The topological polar surface area (TPSA) is 74.8 Å². The van der Waals surface area contributed by atoms with Crippen molar-refractivity contribution in [3.8, 4) is 0 Å². The SMILES string of the molecule is CC(=O)c1[nH]c(C)c(C(=O)N[C@@H](c2cccnc2)C(C)C)c1C. The first-order valence-electron chi connectivity index (χ1n) is 7.73. The molecular weight excluding hydrogens is 290 g/mol. The zero-order valence-corrected chi connectivity index (χ0v) is 14.2. The normalized spacial score (nSPS) is 12.3. The monoisotopic (exact) mass is 313 g/mol. The van der Waals surface area contributed by atoms with Gasteiger partial charge in [-0.15, -0.1) is 0 Å². The Morgan fingerprint density at radius 2 is 1.96 bits per heavy atom. The third-order valence-electron chi connectivity index (χ3n) is 4.01. The van der Waals surface area contributed by atoms with Crippen molar-refractivity contribution in [1.29, 1.82) is 0 Å². The molecule has 0 aliphatic heterocycles. The van der Waals surface area contributed by atoms with Gasteiger partial charge < -0.3 is 10.3 Å². The number of hydrogen-bond acceptors (Lipinski definition) is 3. The van der Waals surface area contributed by atoms with Gasteiger partial charge in [0.2, 0.25) is 0 Å². The highest BCUT2D eigenvalue weighted by Gasteiger charge is 2.24. The molecule has 0 aromatic carbocycles. The van der Waals surface area contributed by atoms with Gasteiger partial charge in [-0.25, -0.2) is 0 Å². The molecule has 2 rings (SSSR count). The molecule has 23 heavy (non-hydrogen) atoms. The van der Waals surface area contributed by atoms with Crippen molar-refractivity contribution in [2.24, 2.45) is 5.92 Å². The molecule has 0 spiro atoms. The van der Waals surface area contributed by atoms with Gasteiger partial charge in [-0.05, 0) is 37.0 Å². The molecule has 0 radical (unpaired) electrons. The Morgan fingerprint density at radius 3 is 2.43 bits per heavy atom. The number of rotatable bonds is 5. The molecule has 0 fully saturated rings. The van der Waals surface area contributed by atoms with Gasteiger partial charge >= 0.3 is 0 Å². The average Bonchev–Trinajstić information content (AvgIpc) is 2.80. The lowest BCUT2D eigenvalue weighted by Gasteiger charge is -2.22. The molecule has 0 aliphatic rings. The van der Waals surface area contributed by atoms with Crippen LogP contribution in [0.2, 0.25) is 0 Å².